The van der Waals surface area contributed by atoms with Crippen LogP contribution in [-0.4, -0.2) is 10.8 Å². The Morgan fingerprint density at radius 1 is 0.722 bits per heavy atom. The van der Waals surface area contributed by atoms with Crippen molar-refractivity contribution in [3.63, 3.8) is 0 Å². The van der Waals surface area contributed by atoms with Crippen molar-refractivity contribution in [1.82, 2.24) is 4.98 Å². The Hall–Kier alpha value is -2.48. The topological polar surface area (TPSA) is 30.0 Å². The van der Waals surface area contributed by atoms with E-state index in [2.05, 4.69) is 11.1 Å². The quantitative estimate of drug-likeness (QED) is 0.464. The molecule has 0 amide bonds. The number of hydrogen-bond donors (Lipinski definition) is 0. The molecule has 0 radical (unpaired) electrons. The molecule has 2 nitrogen and oxygen atoms in total. The van der Waals surface area contributed by atoms with Crippen LogP contribution in [0, 0.1) is 0 Å². The van der Waals surface area contributed by atoms with Crippen molar-refractivity contribution in [2.24, 2.45) is 0 Å². The third kappa shape index (κ3) is 1.07. The van der Waals surface area contributed by atoms with E-state index in [1.54, 1.807) is 6.20 Å². The lowest BCUT2D eigenvalue weighted by Gasteiger charge is -2.18. The third-order valence-electron chi connectivity index (χ3n) is 3.47. The zero-order chi connectivity index (χ0) is 12.1. The second-order valence-electron chi connectivity index (χ2n) is 4.43. The van der Waals surface area contributed by atoms with E-state index in [4.69, 9.17) is 0 Å². The van der Waals surface area contributed by atoms with E-state index in [9.17, 15) is 4.79 Å². The molecule has 0 saturated carbocycles. The van der Waals surface area contributed by atoms with E-state index >= 15 is 0 Å². The molecule has 0 aliphatic heterocycles. The number of carbonyl (C=O) groups excluding carboxylic acids is 1. The summed E-state index contributed by atoms with van der Waals surface area (Å²) in [6.45, 7) is 0. The monoisotopic (exact) mass is 231 g/mol. The van der Waals surface area contributed by atoms with Gasteiger partial charge >= 0.3 is 0 Å². The van der Waals surface area contributed by atoms with Crippen molar-refractivity contribution in [2.75, 3.05) is 0 Å². The van der Waals surface area contributed by atoms with Crippen LogP contribution in [0.15, 0.2) is 54.7 Å². The highest BCUT2D eigenvalue weighted by molar-refractivity contribution is 6.25. The molecule has 0 atom stereocenters. The summed E-state index contributed by atoms with van der Waals surface area (Å²) in [5.41, 5.74) is 4.53. The smallest absolute Gasteiger partial charge is 0.194 e. The molecule has 84 valence electrons. The zero-order valence-electron chi connectivity index (χ0n) is 9.55. The van der Waals surface area contributed by atoms with Gasteiger partial charge in [-0.3, -0.25) is 9.78 Å². The van der Waals surface area contributed by atoms with E-state index in [0.29, 0.717) is 0 Å². The first-order chi connectivity index (χ1) is 8.86. The molecule has 2 heteroatoms. The number of rotatable bonds is 0. The maximum Gasteiger partial charge on any atom is 0.194 e. The number of fused-ring (bicyclic) bond motifs is 2. The highest BCUT2D eigenvalue weighted by Crippen LogP contribution is 2.38. The molecule has 1 aliphatic carbocycles. The molecular weight excluding hydrogens is 222 g/mol. The Bertz CT molecular complexity index is 800. The van der Waals surface area contributed by atoms with Crippen molar-refractivity contribution in [3.05, 3.63) is 65.9 Å². The first-order valence-electron chi connectivity index (χ1n) is 5.88. The SMILES string of the molecule is O=C1c2ccccc2-c2cccc3nccc1c23. The average Bonchev–Trinajstić information content (AvgIpc) is 2.44. The molecule has 1 aliphatic rings. The minimum absolute atomic E-state index is 0.0942. The molecule has 1 aromatic heterocycles. The van der Waals surface area contributed by atoms with Crippen molar-refractivity contribution < 1.29 is 4.79 Å². The van der Waals surface area contributed by atoms with Gasteiger partial charge in [0.15, 0.2) is 5.78 Å². The van der Waals surface area contributed by atoms with Crippen LogP contribution in [0.3, 0.4) is 0 Å². The largest absolute Gasteiger partial charge is 0.289 e. The minimum atomic E-state index is 0.0942. The van der Waals surface area contributed by atoms with Crippen molar-refractivity contribution in [3.8, 4) is 11.1 Å². The van der Waals surface area contributed by atoms with Crippen molar-refractivity contribution in [2.45, 2.75) is 0 Å². The lowest BCUT2D eigenvalue weighted by atomic mass is 9.84. The summed E-state index contributed by atoms with van der Waals surface area (Å²) >= 11 is 0. The summed E-state index contributed by atoms with van der Waals surface area (Å²) in [7, 11) is 0. The number of benzene rings is 2. The fourth-order valence-corrected chi connectivity index (χ4v) is 2.68. The number of nitrogens with zero attached hydrogens (tertiary/aromatic N) is 1. The normalized spacial score (nSPS) is 12.6. The molecule has 0 fully saturated rings. The zero-order valence-corrected chi connectivity index (χ0v) is 9.55. The Kier molecular flexibility index (Phi) is 1.73. The Balaban J connectivity index is 2.28. The van der Waals surface area contributed by atoms with Gasteiger partial charge in [-0.1, -0.05) is 36.4 Å². The lowest BCUT2D eigenvalue weighted by Crippen LogP contribution is -2.09. The van der Waals surface area contributed by atoms with Crippen LogP contribution in [0.5, 0.6) is 0 Å². The number of pyridine rings is 1. The lowest BCUT2D eigenvalue weighted by molar-refractivity contribution is 0.104. The number of carbonyl (C=O) groups is 1. The molecule has 0 unspecified atom stereocenters. The number of hydrogen-bond acceptors (Lipinski definition) is 2. The second kappa shape index (κ2) is 3.26. The van der Waals surface area contributed by atoms with Gasteiger partial charge in [-0.2, -0.15) is 0 Å². The second-order valence-corrected chi connectivity index (χ2v) is 4.43. The third-order valence-corrected chi connectivity index (χ3v) is 3.47. The maximum atomic E-state index is 12.5. The Morgan fingerprint density at radius 2 is 1.50 bits per heavy atom. The standard InChI is InChI=1S/C16H9NO/c18-16-12-5-2-1-4-10(12)11-6-3-7-14-15(11)13(16)8-9-17-14/h1-9H. The molecular formula is C16H9NO. The van der Waals surface area contributed by atoms with E-state index in [1.165, 1.54) is 0 Å². The summed E-state index contributed by atoms with van der Waals surface area (Å²) in [5.74, 6) is 0.0942. The Labute approximate surface area is 104 Å². The van der Waals surface area contributed by atoms with Crippen molar-refractivity contribution in [1.29, 1.82) is 0 Å². The first-order valence-corrected chi connectivity index (χ1v) is 5.88. The summed E-state index contributed by atoms with van der Waals surface area (Å²) in [4.78, 5) is 16.8. The van der Waals surface area contributed by atoms with Gasteiger partial charge < -0.3 is 0 Å². The maximum absolute atomic E-state index is 12.5. The molecule has 18 heavy (non-hydrogen) atoms. The van der Waals surface area contributed by atoms with Crippen molar-refractivity contribution >= 4 is 16.7 Å². The van der Waals surface area contributed by atoms with E-state index in [-0.39, 0.29) is 5.78 Å². The fourth-order valence-electron chi connectivity index (χ4n) is 2.68. The van der Waals surface area contributed by atoms with Crippen LogP contribution < -0.4 is 0 Å². The van der Waals surface area contributed by atoms with Crippen LogP contribution in [0.25, 0.3) is 22.0 Å². The highest BCUT2D eigenvalue weighted by Gasteiger charge is 2.24. The van der Waals surface area contributed by atoms with E-state index < -0.39 is 0 Å². The predicted octanol–water partition coefficient (Wildman–Crippen LogP) is 3.45. The van der Waals surface area contributed by atoms with Gasteiger partial charge in [0, 0.05) is 22.7 Å². The Morgan fingerprint density at radius 3 is 2.39 bits per heavy atom. The molecule has 3 aromatic rings. The van der Waals surface area contributed by atoms with Gasteiger partial charge in [0.1, 0.15) is 0 Å². The average molecular weight is 231 g/mol. The number of aromatic nitrogens is 1. The minimum Gasteiger partial charge on any atom is -0.289 e. The van der Waals surface area contributed by atoms with E-state index in [1.807, 2.05) is 42.5 Å². The van der Waals surface area contributed by atoms with Crippen LogP contribution in [0.1, 0.15) is 15.9 Å². The van der Waals surface area contributed by atoms with Gasteiger partial charge in [-0.25, -0.2) is 0 Å². The summed E-state index contributed by atoms with van der Waals surface area (Å²) in [6, 6.07) is 15.6. The molecule has 4 rings (SSSR count). The van der Waals surface area contributed by atoms with Crippen LogP contribution in [0.4, 0.5) is 0 Å². The summed E-state index contributed by atoms with van der Waals surface area (Å²) in [6.07, 6.45) is 1.70. The molecule has 0 spiro atoms. The van der Waals surface area contributed by atoms with Gasteiger partial charge in [0.05, 0.1) is 5.52 Å². The fraction of sp³-hybridized carbons (Fsp3) is 0. The van der Waals surface area contributed by atoms with Gasteiger partial charge in [-0.15, -0.1) is 0 Å². The first kappa shape index (κ1) is 9.54. The van der Waals surface area contributed by atoms with E-state index in [0.717, 1.165) is 33.2 Å². The summed E-state index contributed by atoms with van der Waals surface area (Å²) < 4.78 is 0. The molecule has 0 bridgehead atoms. The molecule has 0 N–H and O–H groups in total. The molecule has 1 heterocycles. The van der Waals surface area contributed by atoms with Gasteiger partial charge in [-0.05, 0) is 23.3 Å². The number of ketones is 1. The van der Waals surface area contributed by atoms with Gasteiger partial charge in [0.25, 0.3) is 0 Å². The van der Waals surface area contributed by atoms with Gasteiger partial charge in [0.2, 0.25) is 0 Å². The molecule has 2 aromatic carbocycles. The van der Waals surface area contributed by atoms with Crippen LogP contribution in [0.2, 0.25) is 0 Å². The predicted molar refractivity (Wildman–Crippen MR) is 70.6 cm³/mol. The van der Waals surface area contributed by atoms with Crippen LogP contribution >= 0.6 is 0 Å². The highest BCUT2D eigenvalue weighted by atomic mass is 16.1. The van der Waals surface area contributed by atoms with Crippen LogP contribution in [-0.2, 0) is 0 Å². The summed E-state index contributed by atoms with van der Waals surface area (Å²) in [5, 5.41) is 0.976. The molecule has 0 saturated heterocycles.